The van der Waals surface area contributed by atoms with E-state index < -0.39 is 0 Å². The Morgan fingerprint density at radius 3 is 2.75 bits per heavy atom. The first-order valence-corrected chi connectivity index (χ1v) is 9.80. The number of hydrogen-bond donors (Lipinski definition) is 0. The molecule has 0 fully saturated rings. The second-order valence-electron chi connectivity index (χ2n) is 6.43. The lowest BCUT2D eigenvalue weighted by molar-refractivity contribution is 0.207. The van der Waals surface area contributed by atoms with E-state index >= 15 is 0 Å². The molecule has 0 saturated heterocycles. The maximum atomic E-state index is 12.8. The summed E-state index contributed by atoms with van der Waals surface area (Å²) in [6, 6.07) is 11.0. The minimum Gasteiger partial charge on any atom is -0.493 e. The fourth-order valence-corrected chi connectivity index (χ4v) is 3.04. The van der Waals surface area contributed by atoms with Gasteiger partial charge in [0.25, 0.3) is 5.56 Å². The molecule has 0 aliphatic rings. The van der Waals surface area contributed by atoms with Gasteiger partial charge in [-0.15, -0.1) is 0 Å². The molecule has 1 heterocycles. The molecule has 1 atom stereocenters. The summed E-state index contributed by atoms with van der Waals surface area (Å²) in [4.78, 5) is 17.3. The van der Waals surface area contributed by atoms with Crippen LogP contribution in [0.15, 0.2) is 50.8 Å². The molecule has 0 aliphatic carbocycles. The summed E-state index contributed by atoms with van der Waals surface area (Å²) in [6.45, 7) is 5.83. The Balaban J connectivity index is 1.96. The Morgan fingerprint density at radius 2 is 2.04 bits per heavy atom. The number of aryl methyl sites for hydroxylation is 1. The molecule has 1 aromatic heterocycles. The molecule has 0 aliphatic heterocycles. The van der Waals surface area contributed by atoms with Crippen LogP contribution in [0.3, 0.4) is 0 Å². The second-order valence-corrected chi connectivity index (χ2v) is 7.34. The Bertz CT molecular complexity index is 1090. The third-order valence-corrected chi connectivity index (χ3v) is 4.88. The van der Waals surface area contributed by atoms with Gasteiger partial charge >= 0.3 is 0 Å². The number of methoxy groups -OCH3 is 1. The molecule has 0 N–H and O–H groups in total. The second kappa shape index (κ2) is 8.56. The normalized spacial score (nSPS) is 12.5. The Kier molecular flexibility index (Phi) is 6.14. The lowest BCUT2D eigenvalue weighted by Gasteiger charge is -2.15. The van der Waals surface area contributed by atoms with Crippen LogP contribution in [-0.2, 0) is 0 Å². The average molecular weight is 444 g/mol. The van der Waals surface area contributed by atoms with Crippen LogP contribution in [0.25, 0.3) is 10.9 Å². The molecular weight excluding hydrogens is 422 g/mol. The molecule has 0 unspecified atom stereocenters. The first-order valence-electron chi connectivity index (χ1n) is 9.01. The third kappa shape index (κ3) is 4.25. The van der Waals surface area contributed by atoms with Crippen molar-refractivity contribution in [3.63, 3.8) is 0 Å². The molecule has 7 heteroatoms. The first kappa shape index (κ1) is 20.1. The van der Waals surface area contributed by atoms with Crippen molar-refractivity contribution in [2.75, 3.05) is 7.11 Å². The van der Waals surface area contributed by atoms with Crippen molar-refractivity contribution in [1.29, 1.82) is 0 Å². The Labute approximate surface area is 171 Å². The van der Waals surface area contributed by atoms with E-state index in [1.807, 2.05) is 37.3 Å². The van der Waals surface area contributed by atoms with Crippen molar-refractivity contribution >= 4 is 33.0 Å². The van der Waals surface area contributed by atoms with Gasteiger partial charge in [-0.1, -0.05) is 22.9 Å². The van der Waals surface area contributed by atoms with Crippen LogP contribution in [0.1, 0.15) is 31.7 Å². The van der Waals surface area contributed by atoms with Crippen molar-refractivity contribution in [1.82, 2.24) is 9.66 Å². The van der Waals surface area contributed by atoms with Crippen LogP contribution in [0.5, 0.6) is 11.5 Å². The smallest absolute Gasteiger partial charge is 0.282 e. The van der Waals surface area contributed by atoms with E-state index in [-0.39, 0.29) is 11.7 Å². The fraction of sp³-hybridized carbons (Fsp3) is 0.286. The number of aromatic nitrogens is 2. The summed E-state index contributed by atoms with van der Waals surface area (Å²) in [5.74, 6) is 1.81. The first-order chi connectivity index (χ1) is 13.4. The molecule has 2 aromatic carbocycles. The van der Waals surface area contributed by atoms with E-state index in [0.29, 0.717) is 28.2 Å². The maximum Gasteiger partial charge on any atom is 0.282 e. The van der Waals surface area contributed by atoms with Gasteiger partial charge in [-0.05, 0) is 62.2 Å². The van der Waals surface area contributed by atoms with Gasteiger partial charge in [-0.25, -0.2) is 4.98 Å². The highest BCUT2D eigenvalue weighted by molar-refractivity contribution is 9.10. The summed E-state index contributed by atoms with van der Waals surface area (Å²) in [6.07, 6.45) is 2.60. The summed E-state index contributed by atoms with van der Waals surface area (Å²) < 4.78 is 13.4. The molecule has 146 valence electrons. The van der Waals surface area contributed by atoms with Gasteiger partial charge in [0.2, 0.25) is 0 Å². The Morgan fingerprint density at radius 1 is 1.25 bits per heavy atom. The highest BCUT2D eigenvalue weighted by Crippen LogP contribution is 2.29. The van der Waals surface area contributed by atoms with Crippen LogP contribution >= 0.6 is 15.9 Å². The zero-order valence-electron chi connectivity index (χ0n) is 16.3. The molecular formula is C21H22BrN3O3. The zero-order valence-corrected chi connectivity index (χ0v) is 17.9. The topological polar surface area (TPSA) is 65.7 Å². The van der Waals surface area contributed by atoms with Gasteiger partial charge in [-0.3, -0.25) is 4.79 Å². The number of fused-ring (bicyclic) bond motifs is 1. The number of hydrogen-bond acceptors (Lipinski definition) is 5. The molecule has 0 saturated carbocycles. The van der Waals surface area contributed by atoms with Gasteiger partial charge in [0.05, 0.1) is 30.3 Å². The number of rotatable bonds is 6. The van der Waals surface area contributed by atoms with Crippen molar-refractivity contribution in [3.8, 4) is 11.5 Å². The highest BCUT2D eigenvalue weighted by Gasteiger charge is 2.10. The number of ether oxygens (including phenoxy) is 2. The highest BCUT2D eigenvalue weighted by atomic mass is 79.9. The van der Waals surface area contributed by atoms with E-state index in [1.165, 1.54) is 4.68 Å². The van der Waals surface area contributed by atoms with Crippen molar-refractivity contribution in [3.05, 3.63) is 62.6 Å². The number of nitrogens with zero attached hydrogens (tertiary/aromatic N) is 3. The average Bonchev–Trinajstić information content (AvgIpc) is 2.69. The van der Waals surface area contributed by atoms with Crippen LogP contribution in [0, 0.1) is 6.92 Å². The van der Waals surface area contributed by atoms with Gasteiger partial charge < -0.3 is 9.47 Å². The van der Waals surface area contributed by atoms with Crippen LogP contribution < -0.4 is 15.0 Å². The van der Waals surface area contributed by atoms with Crippen molar-refractivity contribution < 1.29 is 9.47 Å². The molecule has 3 aromatic rings. The largest absolute Gasteiger partial charge is 0.493 e. The molecule has 28 heavy (non-hydrogen) atoms. The summed E-state index contributed by atoms with van der Waals surface area (Å²) in [5, 5.41) is 4.85. The third-order valence-electron chi connectivity index (χ3n) is 4.38. The molecule has 3 rings (SSSR count). The number of benzene rings is 2. The zero-order chi connectivity index (χ0) is 20.3. The predicted molar refractivity (Wildman–Crippen MR) is 115 cm³/mol. The van der Waals surface area contributed by atoms with E-state index in [1.54, 1.807) is 26.3 Å². The predicted octanol–water partition coefficient (Wildman–Crippen LogP) is 4.54. The van der Waals surface area contributed by atoms with Crippen molar-refractivity contribution in [2.24, 2.45) is 5.10 Å². The standard InChI is InChI=1S/C21H22BrN3O3/c1-5-13(2)28-19-9-6-15(10-20(19)27-4)12-23-25-14(3)24-18-8-7-16(22)11-17(18)21(25)26/h6-13H,5H2,1-4H3/t13-/m1/s1. The van der Waals surface area contributed by atoms with Gasteiger partial charge in [0.15, 0.2) is 11.5 Å². The maximum absolute atomic E-state index is 12.8. The summed E-state index contributed by atoms with van der Waals surface area (Å²) >= 11 is 3.39. The quantitative estimate of drug-likeness (QED) is 0.524. The lowest BCUT2D eigenvalue weighted by atomic mass is 10.2. The van der Waals surface area contributed by atoms with E-state index in [4.69, 9.17) is 9.47 Å². The van der Waals surface area contributed by atoms with Crippen LogP contribution in [-0.4, -0.2) is 29.1 Å². The van der Waals surface area contributed by atoms with E-state index in [2.05, 4.69) is 32.9 Å². The number of halogens is 1. The monoisotopic (exact) mass is 443 g/mol. The van der Waals surface area contributed by atoms with Gasteiger partial charge in [-0.2, -0.15) is 9.78 Å². The van der Waals surface area contributed by atoms with Crippen LogP contribution in [0.2, 0.25) is 0 Å². The molecule has 6 nitrogen and oxygen atoms in total. The van der Waals surface area contributed by atoms with Crippen molar-refractivity contribution in [2.45, 2.75) is 33.3 Å². The lowest BCUT2D eigenvalue weighted by Crippen LogP contribution is -2.20. The van der Waals surface area contributed by atoms with Crippen LogP contribution in [0.4, 0.5) is 0 Å². The SMILES string of the molecule is CC[C@@H](C)Oc1ccc(C=Nn2c(C)nc3ccc(Br)cc3c2=O)cc1OC. The molecule has 0 amide bonds. The Hall–Kier alpha value is -2.67. The van der Waals surface area contributed by atoms with E-state index in [0.717, 1.165) is 16.5 Å². The minimum absolute atomic E-state index is 0.0950. The van der Waals surface area contributed by atoms with E-state index in [9.17, 15) is 4.79 Å². The molecule has 0 spiro atoms. The summed E-state index contributed by atoms with van der Waals surface area (Å²) in [7, 11) is 1.60. The van der Waals surface area contributed by atoms with Gasteiger partial charge in [0, 0.05) is 4.47 Å². The summed E-state index contributed by atoms with van der Waals surface area (Å²) in [5.41, 5.74) is 1.21. The van der Waals surface area contributed by atoms with Gasteiger partial charge in [0.1, 0.15) is 5.82 Å². The minimum atomic E-state index is -0.219. The molecule has 0 bridgehead atoms. The fourth-order valence-electron chi connectivity index (χ4n) is 2.68. The molecule has 0 radical (unpaired) electrons.